The number of nitrogens with two attached hydrogens (primary N) is 1. The summed E-state index contributed by atoms with van der Waals surface area (Å²) in [6.45, 7) is 4.10. The number of carbonyl (C=O) groups is 1. The molecule has 4 N–H and O–H groups in total. The highest BCUT2D eigenvalue weighted by molar-refractivity contribution is 5.96. The van der Waals surface area contributed by atoms with Crippen LogP contribution in [0.1, 0.15) is 38.7 Å². The lowest BCUT2D eigenvalue weighted by Gasteiger charge is -2.13. The van der Waals surface area contributed by atoms with Crippen LogP contribution >= 0.6 is 0 Å². The molecule has 0 saturated heterocycles. The molecule has 1 heterocycles. The highest BCUT2D eigenvalue weighted by atomic mass is 16.3. The Morgan fingerprint density at radius 1 is 0.964 bits per heavy atom. The van der Waals surface area contributed by atoms with Crippen LogP contribution in [-0.4, -0.2) is 21.0 Å². The van der Waals surface area contributed by atoms with E-state index in [1.165, 1.54) is 5.56 Å². The number of amides is 1. The third kappa shape index (κ3) is 3.28. The van der Waals surface area contributed by atoms with E-state index in [9.17, 15) is 9.90 Å². The van der Waals surface area contributed by atoms with Crippen molar-refractivity contribution in [2.24, 2.45) is 5.73 Å². The van der Waals surface area contributed by atoms with Gasteiger partial charge in [-0.15, -0.1) is 0 Å². The molecule has 28 heavy (non-hydrogen) atoms. The third-order valence-corrected chi connectivity index (χ3v) is 5.11. The van der Waals surface area contributed by atoms with E-state index >= 15 is 0 Å². The van der Waals surface area contributed by atoms with Gasteiger partial charge in [0.15, 0.2) is 0 Å². The lowest BCUT2D eigenvalue weighted by Crippen LogP contribution is -2.10. The van der Waals surface area contributed by atoms with E-state index in [1.54, 1.807) is 18.2 Å². The van der Waals surface area contributed by atoms with Crippen molar-refractivity contribution >= 4 is 16.9 Å². The smallest absolute Gasteiger partial charge is 0.248 e. The molecule has 0 aliphatic heterocycles. The number of nitrogens with zero attached hydrogens (tertiary/aromatic N) is 1. The largest absolute Gasteiger partial charge is 0.384 e. The van der Waals surface area contributed by atoms with Crippen molar-refractivity contribution in [3.8, 4) is 11.4 Å². The van der Waals surface area contributed by atoms with Crippen LogP contribution in [0.5, 0.6) is 0 Å². The summed E-state index contributed by atoms with van der Waals surface area (Å²) in [4.78, 5) is 19.1. The van der Waals surface area contributed by atoms with Gasteiger partial charge in [-0.05, 0) is 54.3 Å². The van der Waals surface area contributed by atoms with E-state index in [-0.39, 0.29) is 0 Å². The minimum atomic E-state index is -0.679. The summed E-state index contributed by atoms with van der Waals surface area (Å²) >= 11 is 0. The number of aromatic nitrogens is 2. The summed E-state index contributed by atoms with van der Waals surface area (Å²) in [5.74, 6) is 0.228. The van der Waals surface area contributed by atoms with Crippen LogP contribution in [0, 0.1) is 13.8 Å². The number of hydrogen-bond acceptors (Lipinski definition) is 3. The van der Waals surface area contributed by atoms with Gasteiger partial charge in [0.1, 0.15) is 11.9 Å². The predicted octanol–water partition coefficient (Wildman–Crippen LogP) is 4.03. The number of primary amides is 1. The minimum Gasteiger partial charge on any atom is -0.384 e. The second kappa shape index (κ2) is 6.94. The lowest BCUT2D eigenvalue weighted by atomic mass is 9.97. The molecule has 3 aromatic carbocycles. The number of aliphatic hydroxyl groups is 1. The number of fused-ring (bicyclic) bond motifs is 1. The van der Waals surface area contributed by atoms with Crippen molar-refractivity contribution in [1.82, 2.24) is 9.97 Å². The molecule has 140 valence electrons. The van der Waals surface area contributed by atoms with E-state index in [0.717, 1.165) is 33.3 Å². The summed E-state index contributed by atoms with van der Waals surface area (Å²) in [6, 6.07) is 18.8. The predicted molar refractivity (Wildman–Crippen MR) is 110 cm³/mol. The SMILES string of the molecule is Cc1ccc(C(O)c2ccc(-c3nc4ccc(C(N)=O)cc4[nH]3)cc2)cc1C. The molecule has 0 saturated carbocycles. The average Bonchev–Trinajstić information content (AvgIpc) is 3.13. The van der Waals surface area contributed by atoms with E-state index < -0.39 is 12.0 Å². The van der Waals surface area contributed by atoms with Crippen molar-refractivity contribution in [2.45, 2.75) is 20.0 Å². The summed E-state index contributed by atoms with van der Waals surface area (Å²) in [6.07, 6.45) is -0.679. The summed E-state index contributed by atoms with van der Waals surface area (Å²) in [5.41, 5.74) is 12.2. The molecule has 1 atom stereocenters. The molecular weight excluding hydrogens is 350 g/mol. The van der Waals surface area contributed by atoms with Crippen LogP contribution < -0.4 is 5.73 Å². The molecule has 4 rings (SSSR count). The number of benzene rings is 3. The van der Waals surface area contributed by atoms with Crippen LogP contribution in [0.4, 0.5) is 0 Å². The monoisotopic (exact) mass is 371 g/mol. The fourth-order valence-corrected chi connectivity index (χ4v) is 3.25. The maximum atomic E-state index is 11.3. The average molecular weight is 371 g/mol. The van der Waals surface area contributed by atoms with Gasteiger partial charge in [0.25, 0.3) is 0 Å². The fraction of sp³-hybridized carbons (Fsp3) is 0.130. The molecule has 1 unspecified atom stereocenters. The number of carbonyl (C=O) groups excluding carboxylic acids is 1. The van der Waals surface area contributed by atoms with Gasteiger partial charge in [-0.1, -0.05) is 42.5 Å². The Morgan fingerprint density at radius 3 is 2.36 bits per heavy atom. The van der Waals surface area contributed by atoms with Crippen LogP contribution in [0.15, 0.2) is 60.7 Å². The number of aromatic amines is 1. The number of hydrogen-bond donors (Lipinski definition) is 3. The Morgan fingerprint density at radius 2 is 1.68 bits per heavy atom. The van der Waals surface area contributed by atoms with Crippen molar-refractivity contribution in [1.29, 1.82) is 0 Å². The van der Waals surface area contributed by atoms with Crippen LogP contribution in [-0.2, 0) is 0 Å². The number of H-pyrrole nitrogens is 1. The van der Waals surface area contributed by atoms with Crippen molar-refractivity contribution in [2.75, 3.05) is 0 Å². The van der Waals surface area contributed by atoms with Gasteiger partial charge in [-0.2, -0.15) is 0 Å². The van der Waals surface area contributed by atoms with Gasteiger partial charge >= 0.3 is 0 Å². The third-order valence-electron chi connectivity index (χ3n) is 5.11. The van der Waals surface area contributed by atoms with Crippen molar-refractivity contribution in [3.05, 3.63) is 88.5 Å². The molecule has 1 amide bonds. The molecule has 0 fully saturated rings. The molecule has 1 aromatic heterocycles. The zero-order chi connectivity index (χ0) is 19.8. The topological polar surface area (TPSA) is 92.0 Å². The van der Waals surface area contributed by atoms with Crippen LogP contribution in [0.3, 0.4) is 0 Å². The van der Waals surface area contributed by atoms with Gasteiger partial charge in [0.05, 0.1) is 11.0 Å². The number of aliphatic hydroxyl groups excluding tert-OH is 1. The van der Waals surface area contributed by atoms with E-state index in [0.29, 0.717) is 11.4 Å². The number of aryl methyl sites for hydroxylation is 2. The van der Waals surface area contributed by atoms with Gasteiger partial charge in [-0.3, -0.25) is 4.79 Å². The van der Waals surface area contributed by atoms with Crippen molar-refractivity contribution in [3.63, 3.8) is 0 Å². The Balaban J connectivity index is 1.63. The van der Waals surface area contributed by atoms with Gasteiger partial charge in [-0.25, -0.2) is 4.98 Å². The molecular formula is C23H21N3O2. The van der Waals surface area contributed by atoms with Gasteiger partial charge < -0.3 is 15.8 Å². The molecule has 0 spiro atoms. The number of imidazole rings is 1. The van der Waals surface area contributed by atoms with Crippen LogP contribution in [0.2, 0.25) is 0 Å². The van der Waals surface area contributed by atoms with Gasteiger partial charge in [0.2, 0.25) is 5.91 Å². The first-order valence-corrected chi connectivity index (χ1v) is 9.07. The van der Waals surface area contributed by atoms with E-state index in [2.05, 4.69) is 16.9 Å². The zero-order valence-electron chi connectivity index (χ0n) is 15.7. The highest BCUT2D eigenvalue weighted by Gasteiger charge is 2.13. The quantitative estimate of drug-likeness (QED) is 0.506. The standard InChI is InChI=1S/C23H21N3O2/c1-13-3-4-17(11-14(13)2)21(27)15-5-7-16(8-6-15)23-25-19-10-9-18(22(24)28)12-20(19)26-23/h3-12,21,27H,1-2H3,(H2,24,28)(H,25,26). The lowest BCUT2D eigenvalue weighted by molar-refractivity contribution is 0.100. The number of nitrogens with one attached hydrogen (secondary N) is 1. The fourth-order valence-electron chi connectivity index (χ4n) is 3.25. The zero-order valence-corrected chi connectivity index (χ0v) is 15.7. The summed E-state index contributed by atoms with van der Waals surface area (Å²) in [7, 11) is 0. The van der Waals surface area contributed by atoms with Gasteiger partial charge in [0, 0.05) is 11.1 Å². The molecule has 5 heteroatoms. The second-order valence-electron chi connectivity index (χ2n) is 7.05. The maximum Gasteiger partial charge on any atom is 0.248 e. The second-order valence-corrected chi connectivity index (χ2v) is 7.05. The maximum absolute atomic E-state index is 11.3. The first-order valence-electron chi connectivity index (χ1n) is 9.07. The van der Waals surface area contributed by atoms with E-state index in [1.807, 2.05) is 49.4 Å². The summed E-state index contributed by atoms with van der Waals surface area (Å²) < 4.78 is 0. The molecule has 0 aliphatic rings. The molecule has 5 nitrogen and oxygen atoms in total. The Labute approximate surface area is 162 Å². The molecule has 0 aliphatic carbocycles. The first-order chi connectivity index (χ1) is 13.4. The van der Waals surface area contributed by atoms with E-state index in [4.69, 9.17) is 5.73 Å². The minimum absolute atomic E-state index is 0.439. The Bertz CT molecular complexity index is 1180. The first kappa shape index (κ1) is 17.9. The molecule has 0 bridgehead atoms. The van der Waals surface area contributed by atoms with Crippen LogP contribution in [0.25, 0.3) is 22.4 Å². The summed E-state index contributed by atoms with van der Waals surface area (Å²) in [5, 5.41) is 10.7. The Kier molecular flexibility index (Phi) is 4.45. The number of rotatable bonds is 4. The molecule has 0 radical (unpaired) electrons. The normalized spacial score (nSPS) is 12.2. The molecule has 4 aromatic rings. The Hall–Kier alpha value is -3.44. The van der Waals surface area contributed by atoms with Crippen molar-refractivity contribution < 1.29 is 9.90 Å². The highest BCUT2D eigenvalue weighted by Crippen LogP contribution is 2.27.